The van der Waals surface area contributed by atoms with E-state index in [9.17, 15) is 8.42 Å². The molecule has 1 N–H and O–H groups in total. The summed E-state index contributed by atoms with van der Waals surface area (Å²) in [5, 5.41) is 0. The van der Waals surface area contributed by atoms with Gasteiger partial charge in [-0.2, -0.15) is 0 Å². The Morgan fingerprint density at radius 2 is 1.52 bits per heavy atom. The van der Waals surface area contributed by atoms with E-state index in [-0.39, 0.29) is 10.3 Å². The van der Waals surface area contributed by atoms with Crippen LogP contribution in [0.25, 0.3) is 5.57 Å². The number of benzene rings is 2. The van der Waals surface area contributed by atoms with Crippen molar-refractivity contribution in [3.05, 3.63) is 71.9 Å². The lowest BCUT2D eigenvalue weighted by molar-refractivity contribution is 0.584. The molecule has 0 amide bonds. The van der Waals surface area contributed by atoms with Gasteiger partial charge in [0.15, 0.2) is 0 Å². The van der Waals surface area contributed by atoms with Crippen LogP contribution in [0.15, 0.2) is 65.7 Å². The van der Waals surface area contributed by atoms with Gasteiger partial charge in [0.2, 0.25) is 0 Å². The molecule has 2 aromatic rings. The molecule has 0 saturated heterocycles. The van der Waals surface area contributed by atoms with Gasteiger partial charge in [0.1, 0.15) is 0 Å². The number of allylic oxidation sites excluding steroid dienone is 1. The first kappa shape index (κ1) is 17.3. The minimum atomic E-state index is -3.55. The second-order valence-corrected chi connectivity index (χ2v) is 8.30. The van der Waals surface area contributed by atoms with Crippen molar-refractivity contribution in [2.24, 2.45) is 0 Å². The second kappa shape index (κ2) is 6.59. The molecule has 2 aromatic carbocycles. The molecule has 0 radical (unpaired) electrons. The molecular formula is C19H23NO2S. The van der Waals surface area contributed by atoms with E-state index in [1.807, 2.05) is 49.4 Å². The number of hydrogen-bond acceptors (Lipinski definition) is 2. The summed E-state index contributed by atoms with van der Waals surface area (Å²) in [6.07, 6.45) is 1.53. The summed E-state index contributed by atoms with van der Waals surface area (Å²) in [4.78, 5) is 0.266. The monoisotopic (exact) mass is 329 g/mol. The fourth-order valence-electron chi connectivity index (χ4n) is 2.15. The lowest BCUT2D eigenvalue weighted by atomic mass is 9.87. The summed E-state index contributed by atoms with van der Waals surface area (Å²) in [6, 6.07) is 16.7. The van der Waals surface area contributed by atoms with E-state index in [4.69, 9.17) is 0 Å². The highest BCUT2D eigenvalue weighted by Gasteiger charge is 2.16. The maximum Gasteiger partial charge on any atom is 0.261 e. The molecule has 0 aliphatic carbocycles. The quantitative estimate of drug-likeness (QED) is 0.908. The minimum absolute atomic E-state index is 0.000476. The van der Waals surface area contributed by atoms with Crippen LogP contribution in [0.2, 0.25) is 0 Å². The van der Waals surface area contributed by atoms with Gasteiger partial charge in [0.05, 0.1) is 4.90 Å². The van der Waals surface area contributed by atoms with Crippen LogP contribution in [0.4, 0.5) is 0 Å². The zero-order valence-electron chi connectivity index (χ0n) is 14.0. The van der Waals surface area contributed by atoms with Crippen molar-refractivity contribution in [3.63, 3.8) is 0 Å². The van der Waals surface area contributed by atoms with Crippen LogP contribution < -0.4 is 4.72 Å². The summed E-state index contributed by atoms with van der Waals surface area (Å²) >= 11 is 0. The summed E-state index contributed by atoms with van der Waals surface area (Å²) in [6.45, 7) is 8.17. The Morgan fingerprint density at radius 1 is 0.957 bits per heavy atom. The van der Waals surface area contributed by atoms with Crippen molar-refractivity contribution in [1.29, 1.82) is 0 Å². The molecule has 0 bridgehead atoms. The Hall–Kier alpha value is -2.07. The van der Waals surface area contributed by atoms with Gasteiger partial charge in [-0.25, -0.2) is 8.42 Å². The molecule has 0 heterocycles. The van der Waals surface area contributed by atoms with Gasteiger partial charge < -0.3 is 0 Å². The van der Waals surface area contributed by atoms with E-state index < -0.39 is 10.0 Å². The van der Waals surface area contributed by atoms with Crippen LogP contribution in [-0.2, 0) is 15.4 Å². The number of rotatable bonds is 4. The van der Waals surface area contributed by atoms with E-state index in [1.165, 1.54) is 6.20 Å². The molecule has 2 rings (SSSR count). The Kier molecular flexibility index (Phi) is 4.95. The topological polar surface area (TPSA) is 46.2 Å². The molecule has 0 spiro atoms. The van der Waals surface area contributed by atoms with E-state index in [2.05, 4.69) is 25.5 Å². The summed E-state index contributed by atoms with van der Waals surface area (Å²) < 4.78 is 27.3. The van der Waals surface area contributed by atoms with Crippen molar-refractivity contribution in [1.82, 2.24) is 4.72 Å². The third kappa shape index (κ3) is 4.45. The van der Waals surface area contributed by atoms with Crippen LogP contribution >= 0.6 is 0 Å². The van der Waals surface area contributed by atoms with E-state index >= 15 is 0 Å². The van der Waals surface area contributed by atoms with Gasteiger partial charge in [0.25, 0.3) is 10.0 Å². The molecular weight excluding hydrogens is 306 g/mol. The van der Waals surface area contributed by atoms with E-state index in [0.29, 0.717) is 0 Å². The lowest BCUT2D eigenvalue weighted by Crippen LogP contribution is -2.19. The Labute approximate surface area is 139 Å². The fourth-order valence-corrected chi connectivity index (χ4v) is 3.11. The molecule has 0 fully saturated rings. The SMILES string of the molecule is CC(=CNS(=O)(=O)c1ccc(C(C)(C)C)cc1)c1ccccc1. The Balaban J connectivity index is 2.19. The summed E-state index contributed by atoms with van der Waals surface area (Å²) in [7, 11) is -3.55. The van der Waals surface area contributed by atoms with Crippen LogP contribution in [0.3, 0.4) is 0 Å². The maximum atomic E-state index is 12.4. The molecule has 122 valence electrons. The highest BCUT2D eigenvalue weighted by Crippen LogP contribution is 2.23. The average molecular weight is 329 g/mol. The molecule has 0 saturated carbocycles. The van der Waals surface area contributed by atoms with Gasteiger partial charge in [-0.3, -0.25) is 4.72 Å². The zero-order valence-corrected chi connectivity index (χ0v) is 14.8. The minimum Gasteiger partial charge on any atom is -0.286 e. The molecule has 0 aromatic heterocycles. The first-order chi connectivity index (χ1) is 10.7. The molecule has 0 aliphatic rings. The third-order valence-corrected chi connectivity index (χ3v) is 5.01. The molecule has 4 heteroatoms. The number of nitrogens with one attached hydrogen (secondary N) is 1. The molecule has 3 nitrogen and oxygen atoms in total. The van der Waals surface area contributed by atoms with Gasteiger partial charge in [-0.1, -0.05) is 63.2 Å². The van der Waals surface area contributed by atoms with Crippen LogP contribution in [0, 0.1) is 0 Å². The first-order valence-electron chi connectivity index (χ1n) is 7.55. The largest absolute Gasteiger partial charge is 0.286 e. The first-order valence-corrected chi connectivity index (χ1v) is 9.03. The smallest absolute Gasteiger partial charge is 0.261 e. The second-order valence-electron chi connectivity index (χ2n) is 6.59. The van der Waals surface area contributed by atoms with E-state index in [1.54, 1.807) is 12.1 Å². The molecule has 0 unspecified atom stereocenters. The highest BCUT2D eigenvalue weighted by molar-refractivity contribution is 7.89. The highest BCUT2D eigenvalue weighted by atomic mass is 32.2. The van der Waals surface area contributed by atoms with Crippen molar-refractivity contribution in [2.45, 2.75) is 38.0 Å². The molecule has 0 aliphatic heterocycles. The normalized spacial score (nSPS) is 13.0. The Bertz CT molecular complexity index is 784. The maximum absolute atomic E-state index is 12.4. The van der Waals surface area contributed by atoms with E-state index in [0.717, 1.165) is 16.7 Å². The number of hydrogen-bond donors (Lipinski definition) is 1. The molecule has 0 atom stereocenters. The van der Waals surface area contributed by atoms with Gasteiger partial charge in [-0.05, 0) is 41.2 Å². The van der Waals surface area contributed by atoms with Crippen molar-refractivity contribution in [2.75, 3.05) is 0 Å². The van der Waals surface area contributed by atoms with Gasteiger partial charge >= 0.3 is 0 Å². The molecule has 23 heavy (non-hydrogen) atoms. The zero-order chi connectivity index (χ0) is 17.1. The third-order valence-electron chi connectivity index (χ3n) is 3.69. The standard InChI is InChI=1S/C19H23NO2S/c1-15(16-8-6-5-7-9-16)14-20-23(21,22)18-12-10-17(11-13-18)19(2,3)4/h5-14,20H,1-4H3. The van der Waals surface area contributed by atoms with Gasteiger partial charge in [-0.15, -0.1) is 0 Å². The Morgan fingerprint density at radius 3 is 2.04 bits per heavy atom. The summed E-state index contributed by atoms with van der Waals surface area (Å²) in [5.74, 6) is 0. The van der Waals surface area contributed by atoms with Crippen LogP contribution in [-0.4, -0.2) is 8.42 Å². The van der Waals surface area contributed by atoms with Crippen molar-refractivity contribution < 1.29 is 8.42 Å². The van der Waals surface area contributed by atoms with Crippen LogP contribution in [0.1, 0.15) is 38.8 Å². The number of sulfonamides is 1. The van der Waals surface area contributed by atoms with Crippen LogP contribution in [0.5, 0.6) is 0 Å². The van der Waals surface area contributed by atoms with Crippen molar-refractivity contribution in [3.8, 4) is 0 Å². The van der Waals surface area contributed by atoms with Gasteiger partial charge in [0, 0.05) is 6.20 Å². The van der Waals surface area contributed by atoms with Crippen molar-refractivity contribution >= 4 is 15.6 Å². The fraction of sp³-hybridized carbons (Fsp3) is 0.263. The summed E-state index contributed by atoms with van der Waals surface area (Å²) in [5.41, 5.74) is 2.95. The lowest BCUT2D eigenvalue weighted by Gasteiger charge is -2.19. The average Bonchev–Trinajstić information content (AvgIpc) is 2.53. The predicted octanol–water partition coefficient (Wildman–Crippen LogP) is 4.32. The predicted molar refractivity (Wildman–Crippen MR) is 95.6 cm³/mol.